The number of aromatic nitrogens is 2. The third-order valence-electron chi connectivity index (χ3n) is 3.95. The lowest BCUT2D eigenvalue weighted by Gasteiger charge is -2.21. The summed E-state index contributed by atoms with van der Waals surface area (Å²) in [5.41, 5.74) is 1.45. The molecule has 0 amide bonds. The summed E-state index contributed by atoms with van der Waals surface area (Å²) in [6.45, 7) is 6.73. The van der Waals surface area contributed by atoms with Crippen LogP contribution >= 0.6 is 11.3 Å². The summed E-state index contributed by atoms with van der Waals surface area (Å²) >= 11 is 1.79. The maximum Gasteiger partial charge on any atom is 0.122 e. The van der Waals surface area contributed by atoms with Gasteiger partial charge in [0.05, 0.1) is 6.54 Å². The first kappa shape index (κ1) is 13.8. The van der Waals surface area contributed by atoms with Crippen LogP contribution in [0.2, 0.25) is 0 Å². The van der Waals surface area contributed by atoms with Crippen LogP contribution in [0.1, 0.15) is 17.8 Å². The second kappa shape index (κ2) is 6.52. The molecule has 0 aliphatic carbocycles. The Balaban J connectivity index is 1.53. The predicted molar refractivity (Wildman–Crippen MR) is 82.7 cm³/mol. The molecule has 0 aromatic carbocycles. The van der Waals surface area contributed by atoms with Crippen molar-refractivity contribution in [3.05, 3.63) is 40.6 Å². The number of imidazole rings is 1. The van der Waals surface area contributed by atoms with Crippen LogP contribution < -0.4 is 0 Å². The van der Waals surface area contributed by atoms with Gasteiger partial charge in [-0.05, 0) is 41.9 Å². The van der Waals surface area contributed by atoms with E-state index in [1.54, 1.807) is 11.3 Å². The molecule has 108 valence electrons. The van der Waals surface area contributed by atoms with E-state index in [-0.39, 0.29) is 0 Å². The topological polar surface area (TPSA) is 24.3 Å². The maximum absolute atomic E-state index is 4.43. The monoisotopic (exact) mass is 290 g/mol. The van der Waals surface area contributed by atoms with E-state index in [1.165, 1.54) is 25.1 Å². The molecule has 1 aliphatic rings. The lowest BCUT2D eigenvalue weighted by Crippen LogP contribution is -2.30. The minimum absolute atomic E-state index is 0.968. The molecule has 2 aromatic heterocycles. The van der Waals surface area contributed by atoms with Crippen LogP contribution in [-0.2, 0) is 20.1 Å². The Kier molecular flexibility index (Phi) is 4.50. The molecule has 3 rings (SSSR count). The number of hydrogen-bond acceptors (Lipinski definition) is 4. The molecule has 1 fully saturated rings. The first-order valence-corrected chi connectivity index (χ1v) is 8.17. The molecule has 1 aliphatic heterocycles. The van der Waals surface area contributed by atoms with Crippen LogP contribution in [0.15, 0.2) is 29.2 Å². The van der Waals surface area contributed by atoms with Crippen LogP contribution in [0.5, 0.6) is 0 Å². The fraction of sp³-hybridized carbons (Fsp3) is 0.533. The third kappa shape index (κ3) is 3.48. The van der Waals surface area contributed by atoms with Crippen LogP contribution in [0.3, 0.4) is 0 Å². The molecule has 5 heteroatoms. The van der Waals surface area contributed by atoms with Crippen LogP contribution in [0.25, 0.3) is 0 Å². The Labute approximate surface area is 124 Å². The van der Waals surface area contributed by atoms with E-state index in [4.69, 9.17) is 0 Å². The van der Waals surface area contributed by atoms with Crippen molar-refractivity contribution in [1.82, 2.24) is 19.4 Å². The summed E-state index contributed by atoms with van der Waals surface area (Å²) in [4.78, 5) is 9.52. The zero-order chi connectivity index (χ0) is 13.8. The Hall–Kier alpha value is -1.17. The first-order valence-electron chi connectivity index (χ1n) is 7.23. The largest absolute Gasteiger partial charge is 0.337 e. The molecule has 0 unspecified atom stereocenters. The van der Waals surface area contributed by atoms with E-state index in [1.807, 2.05) is 12.4 Å². The van der Waals surface area contributed by atoms with Gasteiger partial charge in [0.15, 0.2) is 0 Å². The van der Waals surface area contributed by atoms with Gasteiger partial charge in [0.25, 0.3) is 0 Å². The fourth-order valence-electron chi connectivity index (χ4n) is 2.73. The highest BCUT2D eigenvalue weighted by atomic mass is 32.1. The van der Waals surface area contributed by atoms with Crippen LogP contribution in [0, 0.1) is 0 Å². The molecule has 0 atom stereocenters. The fourth-order valence-corrected chi connectivity index (χ4v) is 3.39. The van der Waals surface area contributed by atoms with Crippen molar-refractivity contribution in [1.29, 1.82) is 0 Å². The second-order valence-electron chi connectivity index (χ2n) is 5.49. The third-order valence-corrected chi connectivity index (χ3v) is 4.69. The smallest absolute Gasteiger partial charge is 0.122 e. The van der Waals surface area contributed by atoms with Crippen molar-refractivity contribution >= 4 is 11.3 Å². The minimum atomic E-state index is 0.968. The Morgan fingerprint density at radius 1 is 1.15 bits per heavy atom. The van der Waals surface area contributed by atoms with Gasteiger partial charge in [0.2, 0.25) is 0 Å². The van der Waals surface area contributed by atoms with E-state index in [2.05, 4.69) is 43.2 Å². The highest BCUT2D eigenvalue weighted by molar-refractivity contribution is 7.07. The predicted octanol–water partition coefficient (Wildman–Crippen LogP) is 2.19. The van der Waals surface area contributed by atoms with Crippen molar-refractivity contribution in [3.8, 4) is 0 Å². The molecule has 1 saturated heterocycles. The average molecular weight is 290 g/mol. The minimum Gasteiger partial charge on any atom is -0.337 e. The molecule has 3 heterocycles. The van der Waals surface area contributed by atoms with Gasteiger partial charge in [-0.2, -0.15) is 11.3 Å². The van der Waals surface area contributed by atoms with Gasteiger partial charge in [0.1, 0.15) is 5.82 Å². The molecule has 20 heavy (non-hydrogen) atoms. The standard InChI is InChI=1S/C15H22N4S/c1-17-7-4-16-15(17)12-19-6-2-5-18(8-9-19)11-14-3-10-20-13-14/h3-4,7,10,13H,2,5-6,8-9,11-12H2,1H3. The van der Waals surface area contributed by atoms with Crippen molar-refractivity contribution in [2.24, 2.45) is 7.05 Å². The summed E-state index contributed by atoms with van der Waals surface area (Å²) in [7, 11) is 2.07. The lowest BCUT2D eigenvalue weighted by molar-refractivity contribution is 0.242. The van der Waals surface area contributed by atoms with Gasteiger partial charge in [-0.3, -0.25) is 9.80 Å². The van der Waals surface area contributed by atoms with Gasteiger partial charge in [-0.1, -0.05) is 0 Å². The van der Waals surface area contributed by atoms with E-state index < -0.39 is 0 Å². The number of aryl methyl sites for hydroxylation is 1. The summed E-state index contributed by atoms with van der Waals surface area (Å²) in [6, 6.07) is 2.24. The number of nitrogens with zero attached hydrogens (tertiary/aromatic N) is 4. The Morgan fingerprint density at radius 3 is 2.60 bits per heavy atom. The highest BCUT2D eigenvalue weighted by Crippen LogP contribution is 2.13. The average Bonchev–Trinajstić information content (AvgIpc) is 3.02. The number of thiophene rings is 1. The molecular weight excluding hydrogens is 268 g/mol. The summed E-state index contributed by atoms with van der Waals surface area (Å²) in [6.07, 6.45) is 5.15. The van der Waals surface area contributed by atoms with E-state index in [9.17, 15) is 0 Å². The summed E-state index contributed by atoms with van der Waals surface area (Å²) < 4.78 is 2.12. The Morgan fingerprint density at radius 2 is 1.95 bits per heavy atom. The van der Waals surface area contributed by atoms with Crippen LogP contribution in [0.4, 0.5) is 0 Å². The second-order valence-corrected chi connectivity index (χ2v) is 6.27. The van der Waals surface area contributed by atoms with E-state index >= 15 is 0 Å². The van der Waals surface area contributed by atoms with Gasteiger partial charge in [-0.25, -0.2) is 4.98 Å². The van der Waals surface area contributed by atoms with Gasteiger partial charge < -0.3 is 4.57 Å². The zero-order valence-corrected chi connectivity index (χ0v) is 12.9. The van der Waals surface area contributed by atoms with Crippen molar-refractivity contribution in [2.45, 2.75) is 19.5 Å². The van der Waals surface area contributed by atoms with Gasteiger partial charge in [0, 0.05) is 39.1 Å². The molecule has 4 nitrogen and oxygen atoms in total. The summed E-state index contributed by atoms with van der Waals surface area (Å²) in [5, 5.41) is 4.43. The van der Waals surface area contributed by atoms with Gasteiger partial charge >= 0.3 is 0 Å². The highest BCUT2D eigenvalue weighted by Gasteiger charge is 2.16. The number of rotatable bonds is 4. The number of hydrogen-bond donors (Lipinski definition) is 0. The molecular formula is C15H22N4S. The SMILES string of the molecule is Cn1ccnc1CN1CCCN(Cc2ccsc2)CC1. The lowest BCUT2D eigenvalue weighted by atomic mass is 10.3. The van der Waals surface area contributed by atoms with Gasteiger partial charge in [-0.15, -0.1) is 0 Å². The zero-order valence-electron chi connectivity index (χ0n) is 12.0. The summed E-state index contributed by atoms with van der Waals surface area (Å²) in [5.74, 6) is 1.16. The van der Waals surface area contributed by atoms with Crippen molar-refractivity contribution in [2.75, 3.05) is 26.2 Å². The maximum atomic E-state index is 4.43. The van der Waals surface area contributed by atoms with Crippen molar-refractivity contribution < 1.29 is 0 Å². The normalized spacial score (nSPS) is 18.2. The first-order chi connectivity index (χ1) is 9.81. The molecule has 0 saturated carbocycles. The molecule has 0 spiro atoms. The molecule has 0 bridgehead atoms. The molecule has 0 radical (unpaired) electrons. The molecule has 0 N–H and O–H groups in total. The van der Waals surface area contributed by atoms with E-state index in [0.717, 1.165) is 32.0 Å². The molecule has 2 aromatic rings. The Bertz CT molecular complexity index is 520. The van der Waals surface area contributed by atoms with Crippen LogP contribution in [-0.4, -0.2) is 45.5 Å². The quantitative estimate of drug-likeness (QED) is 0.863. The van der Waals surface area contributed by atoms with Crippen molar-refractivity contribution in [3.63, 3.8) is 0 Å². The van der Waals surface area contributed by atoms with E-state index in [0.29, 0.717) is 0 Å².